The second-order valence-corrected chi connectivity index (χ2v) is 5.22. The van der Waals surface area contributed by atoms with Crippen LogP contribution in [0.3, 0.4) is 0 Å². The number of hydrogen-bond donors (Lipinski definition) is 0. The molecule has 0 aliphatic heterocycles. The van der Waals surface area contributed by atoms with Gasteiger partial charge in [-0.15, -0.1) is 11.6 Å². The first-order valence-corrected chi connectivity index (χ1v) is 7.10. The van der Waals surface area contributed by atoms with Crippen molar-refractivity contribution in [3.8, 4) is 6.07 Å². The Morgan fingerprint density at radius 1 is 1.20 bits per heavy atom. The SMILES string of the molecule is CN(Cc1ccccc1Cl)c1ccc(CCl)cc1C#N. The van der Waals surface area contributed by atoms with Gasteiger partial charge in [-0.1, -0.05) is 35.9 Å². The summed E-state index contributed by atoms with van der Waals surface area (Å²) < 4.78 is 0. The van der Waals surface area contributed by atoms with Gasteiger partial charge < -0.3 is 4.90 Å². The van der Waals surface area contributed by atoms with Gasteiger partial charge in [-0.25, -0.2) is 0 Å². The van der Waals surface area contributed by atoms with Gasteiger partial charge in [0.1, 0.15) is 6.07 Å². The van der Waals surface area contributed by atoms with E-state index in [0.717, 1.165) is 21.8 Å². The van der Waals surface area contributed by atoms with E-state index in [2.05, 4.69) is 6.07 Å². The Bertz CT molecular complexity index is 647. The number of anilines is 1. The van der Waals surface area contributed by atoms with Gasteiger partial charge in [0.25, 0.3) is 0 Å². The Morgan fingerprint density at radius 3 is 2.60 bits per heavy atom. The number of halogens is 2. The number of alkyl halides is 1. The predicted molar refractivity (Wildman–Crippen MR) is 84.3 cm³/mol. The fourth-order valence-electron chi connectivity index (χ4n) is 2.06. The molecule has 0 unspecified atom stereocenters. The number of nitriles is 1. The van der Waals surface area contributed by atoms with Crippen LogP contribution in [-0.2, 0) is 12.4 Å². The van der Waals surface area contributed by atoms with Gasteiger partial charge in [0, 0.05) is 24.5 Å². The Hall–Kier alpha value is -1.69. The highest BCUT2D eigenvalue weighted by Crippen LogP contribution is 2.24. The van der Waals surface area contributed by atoms with E-state index in [9.17, 15) is 5.26 Å². The fourth-order valence-corrected chi connectivity index (χ4v) is 2.42. The van der Waals surface area contributed by atoms with Gasteiger partial charge in [0.05, 0.1) is 11.3 Å². The maximum absolute atomic E-state index is 9.26. The maximum Gasteiger partial charge on any atom is 0.101 e. The molecule has 0 atom stereocenters. The molecule has 20 heavy (non-hydrogen) atoms. The van der Waals surface area contributed by atoms with Crippen molar-refractivity contribution in [2.45, 2.75) is 12.4 Å². The highest BCUT2D eigenvalue weighted by Gasteiger charge is 2.10. The summed E-state index contributed by atoms with van der Waals surface area (Å²) in [6.45, 7) is 0.647. The third-order valence-corrected chi connectivity index (χ3v) is 3.79. The zero-order valence-corrected chi connectivity index (χ0v) is 12.6. The molecule has 102 valence electrons. The van der Waals surface area contributed by atoms with Crippen LogP contribution in [0.5, 0.6) is 0 Å². The molecule has 4 heteroatoms. The van der Waals surface area contributed by atoms with Crippen LogP contribution >= 0.6 is 23.2 Å². The summed E-state index contributed by atoms with van der Waals surface area (Å²) >= 11 is 12.0. The van der Waals surface area contributed by atoms with E-state index >= 15 is 0 Å². The van der Waals surface area contributed by atoms with Crippen molar-refractivity contribution in [1.82, 2.24) is 0 Å². The van der Waals surface area contributed by atoms with Crippen LogP contribution in [0.15, 0.2) is 42.5 Å². The van der Waals surface area contributed by atoms with Gasteiger partial charge in [0.15, 0.2) is 0 Å². The summed E-state index contributed by atoms with van der Waals surface area (Å²) in [5, 5.41) is 9.99. The van der Waals surface area contributed by atoms with Crippen LogP contribution in [0.2, 0.25) is 5.02 Å². The summed E-state index contributed by atoms with van der Waals surface area (Å²) in [5.74, 6) is 0.406. The number of rotatable bonds is 4. The highest BCUT2D eigenvalue weighted by atomic mass is 35.5. The molecule has 2 aromatic carbocycles. The molecule has 0 heterocycles. The van der Waals surface area contributed by atoms with Crippen molar-refractivity contribution in [2.75, 3.05) is 11.9 Å². The average Bonchev–Trinajstić information content (AvgIpc) is 2.48. The minimum atomic E-state index is 0.406. The van der Waals surface area contributed by atoms with Crippen molar-refractivity contribution < 1.29 is 0 Å². The van der Waals surface area contributed by atoms with Crippen molar-refractivity contribution in [3.63, 3.8) is 0 Å². The Balaban J connectivity index is 2.28. The van der Waals surface area contributed by atoms with E-state index in [1.165, 1.54) is 0 Å². The fraction of sp³-hybridized carbons (Fsp3) is 0.188. The van der Waals surface area contributed by atoms with E-state index in [1.807, 2.05) is 54.4 Å². The summed E-state index contributed by atoms with van der Waals surface area (Å²) in [6, 6.07) is 15.6. The third-order valence-electron chi connectivity index (χ3n) is 3.11. The van der Waals surface area contributed by atoms with Crippen LogP contribution in [0, 0.1) is 11.3 Å². The van der Waals surface area contributed by atoms with Gasteiger partial charge in [-0.3, -0.25) is 0 Å². The third kappa shape index (κ3) is 3.25. The minimum absolute atomic E-state index is 0.406. The molecule has 0 fully saturated rings. The van der Waals surface area contributed by atoms with Crippen LogP contribution in [-0.4, -0.2) is 7.05 Å². The van der Waals surface area contributed by atoms with Crippen molar-refractivity contribution >= 4 is 28.9 Å². The normalized spacial score (nSPS) is 10.1. The summed E-state index contributed by atoms with van der Waals surface area (Å²) in [4.78, 5) is 2.01. The molecule has 0 aliphatic carbocycles. The topological polar surface area (TPSA) is 27.0 Å². The first-order chi connectivity index (χ1) is 9.65. The highest BCUT2D eigenvalue weighted by molar-refractivity contribution is 6.31. The summed E-state index contributed by atoms with van der Waals surface area (Å²) in [7, 11) is 1.94. The van der Waals surface area contributed by atoms with Crippen molar-refractivity contribution in [3.05, 3.63) is 64.2 Å². The first-order valence-electron chi connectivity index (χ1n) is 6.19. The maximum atomic E-state index is 9.26. The zero-order valence-electron chi connectivity index (χ0n) is 11.1. The second kappa shape index (κ2) is 6.65. The Morgan fingerprint density at radius 2 is 1.95 bits per heavy atom. The lowest BCUT2D eigenvalue weighted by atomic mass is 10.1. The Kier molecular flexibility index (Phi) is 4.89. The molecular formula is C16H14Cl2N2. The van der Waals surface area contributed by atoms with Crippen LogP contribution < -0.4 is 4.90 Å². The van der Waals surface area contributed by atoms with Gasteiger partial charge in [-0.05, 0) is 29.3 Å². The van der Waals surface area contributed by atoms with E-state index in [-0.39, 0.29) is 0 Å². The second-order valence-electron chi connectivity index (χ2n) is 4.54. The molecule has 0 radical (unpaired) electrons. The molecule has 0 saturated heterocycles. The molecule has 0 aliphatic rings. The molecule has 0 aromatic heterocycles. The molecule has 2 rings (SSSR count). The molecule has 2 nitrogen and oxygen atoms in total. The number of benzene rings is 2. The van der Waals surface area contributed by atoms with E-state index in [0.29, 0.717) is 18.0 Å². The van der Waals surface area contributed by atoms with Crippen LogP contribution in [0.25, 0.3) is 0 Å². The van der Waals surface area contributed by atoms with Gasteiger partial charge >= 0.3 is 0 Å². The molecular weight excluding hydrogens is 291 g/mol. The van der Waals surface area contributed by atoms with Gasteiger partial charge in [0.2, 0.25) is 0 Å². The summed E-state index contributed by atoms with van der Waals surface area (Å²) in [6.07, 6.45) is 0. The number of nitrogens with zero attached hydrogens (tertiary/aromatic N) is 2. The molecule has 0 amide bonds. The molecule has 0 bridgehead atoms. The molecule has 0 spiro atoms. The van der Waals surface area contributed by atoms with Gasteiger partial charge in [-0.2, -0.15) is 5.26 Å². The largest absolute Gasteiger partial charge is 0.369 e. The van der Waals surface area contributed by atoms with Crippen molar-refractivity contribution in [1.29, 1.82) is 5.26 Å². The minimum Gasteiger partial charge on any atom is -0.369 e. The van der Waals surface area contributed by atoms with E-state index < -0.39 is 0 Å². The first kappa shape index (κ1) is 14.7. The van der Waals surface area contributed by atoms with Crippen molar-refractivity contribution in [2.24, 2.45) is 0 Å². The lowest BCUT2D eigenvalue weighted by Gasteiger charge is -2.21. The molecule has 0 N–H and O–H groups in total. The van der Waals surface area contributed by atoms with E-state index in [4.69, 9.17) is 23.2 Å². The van der Waals surface area contributed by atoms with Crippen LogP contribution in [0.1, 0.15) is 16.7 Å². The lowest BCUT2D eigenvalue weighted by molar-refractivity contribution is 0.920. The predicted octanol–water partition coefficient (Wildman–Crippen LogP) is 4.59. The Labute approximate surface area is 129 Å². The van der Waals surface area contributed by atoms with E-state index in [1.54, 1.807) is 0 Å². The average molecular weight is 305 g/mol. The summed E-state index contributed by atoms with van der Waals surface area (Å²) in [5.41, 5.74) is 3.47. The van der Waals surface area contributed by atoms with Crippen LogP contribution in [0.4, 0.5) is 5.69 Å². The lowest BCUT2D eigenvalue weighted by Crippen LogP contribution is -2.17. The standard InChI is InChI=1S/C16H14Cl2N2/c1-20(11-13-4-2-3-5-15(13)18)16-7-6-12(9-17)8-14(16)10-19/h2-8H,9,11H2,1H3. The monoisotopic (exact) mass is 304 g/mol. The number of hydrogen-bond acceptors (Lipinski definition) is 2. The molecule has 0 saturated carbocycles. The smallest absolute Gasteiger partial charge is 0.101 e. The quantitative estimate of drug-likeness (QED) is 0.773. The molecule has 2 aromatic rings. The zero-order chi connectivity index (χ0) is 14.5.